The van der Waals surface area contributed by atoms with Gasteiger partial charge in [0.2, 0.25) is 0 Å². The third kappa shape index (κ3) is 1.94. The minimum absolute atomic E-state index is 0.0777. The Morgan fingerprint density at radius 2 is 2.00 bits per heavy atom. The van der Waals surface area contributed by atoms with Gasteiger partial charge in [0.15, 0.2) is 6.10 Å². The first-order chi connectivity index (χ1) is 7.08. The Labute approximate surface area is 92.5 Å². The number of benzene rings is 1. The molecule has 0 spiro atoms. The molecule has 6 heteroatoms. The van der Waals surface area contributed by atoms with Gasteiger partial charge in [0, 0.05) is 4.47 Å². The predicted molar refractivity (Wildman–Crippen MR) is 51.3 cm³/mol. The Morgan fingerprint density at radius 1 is 1.40 bits per heavy atom. The standard InChI is InChI=1S/C9H6BrF2NO2/c10-4-1-5(11)8(6(12)2-4)7-3-13-9(14)15-7/h1-2,7H,3H2,(H,13,14). The molecule has 1 fully saturated rings. The number of amides is 1. The van der Waals surface area contributed by atoms with E-state index in [-0.39, 0.29) is 12.1 Å². The van der Waals surface area contributed by atoms with Crippen molar-refractivity contribution in [3.63, 3.8) is 0 Å². The first kappa shape index (κ1) is 10.4. The molecule has 0 aromatic heterocycles. The molecule has 1 aromatic rings. The molecule has 0 saturated carbocycles. The van der Waals surface area contributed by atoms with E-state index in [0.717, 1.165) is 12.1 Å². The summed E-state index contributed by atoms with van der Waals surface area (Å²) in [4.78, 5) is 10.7. The number of nitrogens with one attached hydrogen (secondary N) is 1. The number of hydrogen-bond acceptors (Lipinski definition) is 2. The van der Waals surface area contributed by atoms with Crippen molar-refractivity contribution in [2.45, 2.75) is 6.10 Å². The van der Waals surface area contributed by atoms with Gasteiger partial charge in [0.1, 0.15) is 11.6 Å². The van der Waals surface area contributed by atoms with Crippen LogP contribution >= 0.6 is 15.9 Å². The van der Waals surface area contributed by atoms with Crippen molar-refractivity contribution in [3.8, 4) is 0 Å². The summed E-state index contributed by atoms with van der Waals surface area (Å²) < 4.78 is 31.8. The molecule has 0 aliphatic carbocycles. The second kappa shape index (κ2) is 3.77. The van der Waals surface area contributed by atoms with E-state index in [0.29, 0.717) is 4.47 Å². The summed E-state index contributed by atoms with van der Waals surface area (Å²) >= 11 is 2.96. The van der Waals surface area contributed by atoms with E-state index in [4.69, 9.17) is 4.74 Å². The van der Waals surface area contributed by atoms with E-state index in [1.165, 1.54) is 0 Å². The van der Waals surface area contributed by atoms with Crippen LogP contribution < -0.4 is 5.32 Å². The van der Waals surface area contributed by atoms with Gasteiger partial charge in [0.05, 0.1) is 12.1 Å². The maximum absolute atomic E-state index is 13.4. The summed E-state index contributed by atoms with van der Waals surface area (Å²) in [5.41, 5.74) is -0.225. The molecule has 1 unspecified atom stereocenters. The van der Waals surface area contributed by atoms with Crippen LogP contribution in [0.3, 0.4) is 0 Å². The Bertz CT molecular complexity index is 402. The van der Waals surface area contributed by atoms with Gasteiger partial charge in [-0.2, -0.15) is 0 Å². The maximum atomic E-state index is 13.4. The highest BCUT2D eigenvalue weighted by atomic mass is 79.9. The number of cyclic esters (lactones) is 1. The van der Waals surface area contributed by atoms with Gasteiger partial charge in [-0.05, 0) is 12.1 Å². The topological polar surface area (TPSA) is 38.3 Å². The molecule has 1 saturated heterocycles. The van der Waals surface area contributed by atoms with Crippen molar-refractivity contribution in [1.29, 1.82) is 0 Å². The van der Waals surface area contributed by atoms with Gasteiger partial charge in [0.25, 0.3) is 0 Å². The summed E-state index contributed by atoms with van der Waals surface area (Å²) in [5.74, 6) is -1.47. The van der Waals surface area contributed by atoms with Crippen LogP contribution in [0.15, 0.2) is 16.6 Å². The van der Waals surface area contributed by atoms with Crippen LogP contribution in [0.25, 0.3) is 0 Å². The molecular formula is C9H6BrF2NO2. The van der Waals surface area contributed by atoms with Crippen molar-refractivity contribution < 1.29 is 18.3 Å². The second-order valence-corrected chi connectivity index (χ2v) is 3.97. The van der Waals surface area contributed by atoms with Gasteiger partial charge in [-0.25, -0.2) is 13.6 Å². The molecular weight excluding hydrogens is 272 g/mol. The van der Waals surface area contributed by atoms with Crippen LogP contribution in [0.4, 0.5) is 13.6 Å². The third-order valence-corrected chi connectivity index (χ3v) is 2.50. The van der Waals surface area contributed by atoms with E-state index in [1.807, 2.05) is 0 Å². The van der Waals surface area contributed by atoms with Crippen LogP contribution in [0.5, 0.6) is 0 Å². The zero-order valence-corrected chi connectivity index (χ0v) is 8.98. The first-order valence-corrected chi connectivity index (χ1v) is 4.96. The average molecular weight is 278 g/mol. The van der Waals surface area contributed by atoms with Crippen molar-refractivity contribution >= 4 is 22.0 Å². The van der Waals surface area contributed by atoms with Crippen molar-refractivity contribution in [2.24, 2.45) is 0 Å². The van der Waals surface area contributed by atoms with Crippen LogP contribution in [0.1, 0.15) is 11.7 Å². The number of hydrogen-bond donors (Lipinski definition) is 1. The Hall–Kier alpha value is -1.17. The SMILES string of the molecule is O=C1NCC(c2c(F)cc(Br)cc2F)O1. The van der Waals surface area contributed by atoms with Crippen LogP contribution in [-0.4, -0.2) is 12.6 Å². The van der Waals surface area contributed by atoms with Crippen LogP contribution in [0.2, 0.25) is 0 Å². The van der Waals surface area contributed by atoms with E-state index < -0.39 is 23.8 Å². The van der Waals surface area contributed by atoms with Gasteiger partial charge >= 0.3 is 6.09 Å². The molecule has 1 aliphatic heterocycles. The lowest BCUT2D eigenvalue weighted by Gasteiger charge is -2.10. The zero-order valence-electron chi connectivity index (χ0n) is 7.39. The van der Waals surface area contributed by atoms with Crippen molar-refractivity contribution in [3.05, 3.63) is 33.8 Å². The number of halogens is 3. The van der Waals surface area contributed by atoms with Crippen LogP contribution in [0, 0.1) is 11.6 Å². The molecule has 15 heavy (non-hydrogen) atoms. The summed E-state index contributed by atoms with van der Waals surface area (Å²) in [7, 11) is 0. The highest BCUT2D eigenvalue weighted by molar-refractivity contribution is 9.10. The molecule has 1 amide bonds. The quantitative estimate of drug-likeness (QED) is 0.857. The van der Waals surface area contributed by atoms with E-state index in [1.54, 1.807) is 0 Å². The second-order valence-electron chi connectivity index (χ2n) is 3.06. The number of ether oxygens (including phenoxy) is 1. The summed E-state index contributed by atoms with van der Waals surface area (Å²) in [5, 5.41) is 2.33. The van der Waals surface area contributed by atoms with Gasteiger partial charge in [-0.1, -0.05) is 15.9 Å². The smallest absolute Gasteiger partial charge is 0.407 e. The highest BCUT2D eigenvalue weighted by Crippen LogP contribution is 2.28. The molecule has 0 bridgehead atoms. The predicted octanol–water partition coefficient (Wildman–Crippen LogP) is 2.51. The lowest BCUT2D eigenvalue weighted by Crippen LogP contribution is -2.13. The normalized spacial score (nSPS) is 19.9. The van der Waals surface area contributed by atoms with Crippen molar-refractivity contribution in [2.75, 3.05) is 6.54 Å². The largest absolute Gasteiger partial charge is 0.439 e. The first-order valence-electron chi connectivity index (χ1n) is 4.17. The molecule has 1 aromatic carbocycles. The maximum Gasteiger partial charge on any atom is 0.407 e. The Balaban J connectivity index is 2.39. The molecule has 1 heterocycles. The number of carbonyl (C=O) groups excluding carboxylic acids is 1. The zero-order chi connectivity index (χ0) is 11.0. The van der Waals surface area contributed by atoms with Crippen molar-refractivity contribution in [1.82, 2.24) is 5.32 Å². The third-order valence-electron chi connectivity index (χ3n) is 2.05. The molecule has 1 N–H and O–H groups in total. The fraction of sp³-hybridized carbons (Fsp3) is 0.222. The van der Waals surface area contributed by atoms with Gasteiger partial charge in [-0.3, -0.25) is 0 Å². The summed E-state index contributed by atoms with van der Waals surface area (Å²) in [6.45, 7) is 0.0777. The van der Waals surface area contributed by atoms with Gasteiger partial charge < -0.3 is 10.1 Å². The molecule has 1 atom stereocenters. The minimum atomic E-state index is -0.898. The minimum Gasteiger partial charge on any atom is -0.439 e. The van der Waals surface area contributed by atoms with Gasteiger partial charge in [-0.15, -0.1) is 0 Å². The lowest BCUT2D eigenvalue weighted by atomic mass is 10.1. The lowest BCUT2D eigenvalue weighted by molar-refractivity contribution is 0.137. The van der Waals surface area contributed by atoms with E-state index in [2.05, 4.69) is 21.2 Å². The Kier molecular flexibility index (Phi) is 2.60. The fourth-order valence-electron chi connectivity index (χ4n) is 1.41. The fourth-order valence-corrected chi connectivity index (χ4v) is 1.81. The number of carbonyl (C=O) groups is 1. The molecule has 3 nitrogen and oxygen atoms in total. The molecule has 80 valence electrons. The number of alkyl carbamates (subject to hydrolysis) is 1. The molecule has 1 aliphatic rings. The van der Waals surface area contributed by atoms with E-state index in [9.17, 15) is 13.6 Å². The monoisotopic (exact) mass is 277 g/mol. The Morgan fingerprint density at radius 3 is 2.47 bits per heavy atom. The highest BCUT2D eigenvalue weighted by Gasteiger charge is 2.29. The number of rotatable bonds is 1. The van der Waals surface area contributed by atoms with E-state index >= 15 is 0 Å². The molecule has 2 rings (SSSR count). The summed E-state index contributed by atoms with van der Waals surface area (Å²) in [6.07, 6.45) is -1.56. The summed E-state index contributed by atoms with van der Waals surface area (Å²) in [6, 6.07) is 2.26. The average Bonchev–Trinajstić information content (AvgIpc) is 2.49. The van der Waals surface area contributed by atoms with Crippen LogP contribution in [-0.2, 0) is 4.74 Å². The molecule has 0 radical (unpaired) electrons.